The van der Waals surface area contributed by atoms with Gasteiger partial charge in [-0.1, -0.05) is 0 Å². The van der Waals surface area contributed by atoms with E-state index in [1.54, 1.807) is 12.3 Å². The van der Waals surface area contributed by atoms with E-state index in [1.807, 2.05) is 37.2 Å². The number of aromatic hydroxyl groups is 1. The Bertz CT molecular complexity index is 1540. The molecule has 4 aromatic rings. The Labute approximate surface area is 192 Å². The van der Waals surface area contributed by atoms with Crippen molar-refractivity contribution in [2.45, 2.75) is 16.9 Å². The summed E-state index contributed by atoms with van der Waals surface area (Å²) in [5.74, 6) is -0.455. The SMILES string of the molecule is CN(C)c1ccc2nccc(Cn3cc(O)n(-c4ccc(S(=O)(=O)C(F)(F)F)cc4)c3=O)c2c1. The van der Waals surface area contributed by atoms with E-state index < -0.39 is 31.8 Å². The van der Waals surface area contributed by atoms with Crippen LogP contribution in [0.1, 0.15) is 5.56 Å². The molecule has 0 saturated carbocycles. The summed E-state index contributed by atoms with van der Waals surface area (Å²) in [6, 6.07) is 11.0. The minimum absolute atomic E-state index is 0.0110. The summed E-state index contributed by atoms with van der Waals surface area (Å²) in [4.78, 5) is 18.3. The lowest BCUT2D eigenvalue weighted by molar-refractivity contribution is -0.0436. The zero-order valence-corrected chi connectivity index (χ0v) is 18.8. The molecule has 4 rings (SSSR count). The number of alkyl halides is 3. The number of rotatable bonds is 5. The van der Waals surface area contributed by atoms with Crippen molar-refractivity contribution in [3.8, 4) is 11.6 Å². The molecule has 2 heterocycles. The average molecular weight is 492 g/mol. The first-order chi connectivity index (χ1) is 15.9. The predicted octanol–water partition coefficient (Wildman–Crippen LogP) is 3.30. The summed E-state index contributed by atoms with van der Waals surface area (Å²) in [7, 11) is -1.74. The van der Waals surface area contributed by atoms with Crippen molar-refractivity contribution < 1.29 is 26.7 Å². The van der Waals surface area contributed by atoms with Crippen molar-refractivity contribution in [3.63, 3.8) is 0 Å². The first kappa shape index (κ1) is 23.4. The maximum atomic E-state index is 13.0. The fourth-order valence-corrected chi connectivity index (χ4v) is 4.30. The molecule has 34 heavy (non-hydrogen) atoms. The Morgan fingerprint density at radius 1 is 1.06 bits per heavy atom. The highest BCUT2D eigenvalue weighted by atomic mass is 32.2. The van der Waals surface area contributed by atoms with Crippen LogP contribution in [-0.4, -0.2) is 47.2 Å². The average Bonchev–Trinajstić information content (AvgIpc) is 3.05. The van der Waals surface area contributed by atoms with Gasteiger partial charge in [0.1, 0.15) is 0 Å². The summed E-state index contributed by atoms with van der Waals surface area (Å²) in [6.45, 7) is 0.0931. The number of aromatic nitrogens is 3. The Hall–Kier alpha value is -3.80. The summed E-state index contributed by atoms with van der Waals surface area (Å²) in [5.41, 5.74) is -3.67. The molecule has 0 unspecified atom stereocenters. The molecule has 0 radical (unpaired) electrons. The maximum Gasteiger partial charge on any atom is 0.501 e. The third-order valence-electron chi connectivity index (χ3n) is 5.32. The van der Waals surface area contributed by atoms with Gasteiger partial charge in [-0.2, -0.15) is 13.2 Å². The smallest absolute Gasteiger partial charge is 0.493 e. The molecule has 0 bridgehead atoms. The first-order valence-electron chi connectivity index (χ1n) is 9.88. The minimum atomic E-state index is -5.53. The van der Waals surface area contributed by atoms with Crippen LogP contribution in [0.3, 0.4) is 0 Å². The molecule has 0 spiro atoms. The molecule has 0 aliphatic rings. The number of fused-ring (bicyclic) bond motifs is 1. The second kappa shape index (κ2) is 8.20. The van der Waals surface area contributed by atoms with Gasteiger partial charge in [-0.15, -0.1) is 0 Å². The van der Waals surface area contributed by atoms with E-state index in [2.05, 4.69) is 4.98 Å². The van der Waals surface area contributed by atoms with Crippen LogP contribution in [0.5, 0.6) is 5.88 Å². The topological polar surface area (TPSA) is 97.4 Å². The number of hydrogen-bond donors (Lipinski definition) is 1. The lowest BCUT2D eigenvalue weighted by atomic mass is 10.1. The van der Waals surface area contributed by atoms with Gasteiger partial charge >= 0.3 is 11.2 Å². The van der Waals surface area contributed by atoms with E-state index in [0.717, 1.165) is 51.0 Å². The third kappa shape index (κ3) is 4.00. The number of anilines is 1. The predicted molar refractivity (Wildman–Crippen MR) is 120 cm³/mol. The van der Waals surface area contributed by atoms with E-state index in [9.17, 15) is 31.5 Å². The van der Waals surface area contributed by atoms with Gasteiger partial charge in [0.05, 0.1) is 28.8 Å². The van der Waals surface area contributed by atoms with Crippen LogP contribution in [0, 0.1) is 0 Å². The van der Waals surface area contributed by atoms with Crippen LogP contribution in [0.2, 0.25) is 0 Å². The van der Waals surface area contributed by atoms with Gasteiger partial charge in [-0.3, -0.25) is 9.55 Å². The Morgan fingerprint density at radius 3 is 2.35 bits per heavy atom. The fourth-order valence-electron chi connectivity index (χ4n) is 3.53. The summed E-state index contributed by atoms with van der Waals surface area (Å²) < 4.78 is 63.5. The van der Waals surface area contributed by atoms with Crippen molar-refractivity contribution in [1.82, 2.24) is 14.1 Å². The number of sulfone groups is 1. The molecule has 178 valence electrons. The number of pyridine rings is 1. The number of halogens is 3. The largest absolute Gasteiger partial charge is 0.501 e. The summed E-state index contributed by atoms with van der Waals surface area (Å²) >= 11 is 0. The number of benzene rings is 2. The normalized spacial score (nSPS) is 12.3. The molecule has 1 N–H and O–H groups in total. The first-order valence-corrected chi connectivity index (χ1v) is 11.4. The van der Waals surface area contributed by atoms with Crippen LogP contribution in [-0.2, 0) is 16.4 Å². The second-order valence-corrected chi connectivity index (χ2v) is 9.68. The lowest BCUT2D eigenvalue weighted by Crippen LogP contribution is -2.24. The molecule has 0 aliphatic heterocycles. The molecule has 0 saturated heterocycles. The van der Waals surface area contributed by atoms with Crippen LogP contribution >= 0.6 is 0 Å². The van der Waals surface area contributed by atoms with E-state index in [-0.39, 0.29) is 12.2 Å². The minimum Gasteiger partial charge on any atom is -0.493 e. The van der Waals surface area contributed by atoms with Crippen molar-refractivity contribution >= 4 is 26.4 Å². The van der Waals surface area contributed by atoms with Gasteiger partial charge in [0.15, 0.2) is 0 Å². The molecular formula is C22H19F3N4O4S. The number of imidazole rings is 1. The van der Waals surface area contributed by atoms with Crippen LogP contribution in [0.4, 0.5) is 18.9 Å². The van der Waals surface area contributed by atoms with Gasteiger partial charge in [0.2, 0.25) is 5.88 Å². The Kier molecular flexibility index (Phi) is 5.64. The van der Waals surface area contributed by atoms with Gasteiger partial charge in [0.25, 0.3) is 9.84 Å². The molecule has 8 nitrogen and oxygen atoms in total. The molecule has 2 aromatic carbocycles. The molecule has 12 heteroatoms. The molecular weight excluding hydrogens is 473 g/mol. The van der Waals surface area contributed by atoms with Crippen molar-refractivity contribution in [1.29, 1.82) is 0 Å². The number of nitrogens with zero attached hydrogens (tertiary/aromatic N) is 4. The van der Waals surface area contributed by atoms with Gasteiger partial charge in [0, 0.05) is 31.4 Å². The number of hydrogen-bond acceptors (Lipinski definition) is 6. The van der Waals surface area contributed by atoms with Gasteiger partial charge in [-0.25, -0.2) is 17.8 Å². The quantitative estimate of drug-likeness (QED) is 0.459. The zero-order valence-electron chi connectivity index (χ0n) is 18.0. The molecule has 2 aromatic heterocycles. The molecule has 0 fully saturated rings. The van der Waals surface area contributed by atoms with Crippen LogP contribution in [0.25, 0.3) is 16.6 Å². The monoisotopic (exact) mass is 492 g/mol. The third-order valence-corrected chi connectivity index (χ3v) is 6.82. The van der Waals surface area contributed by atoms with Crippen molar-refractivity contribution in [2.75, 3.05) is 19.0 Å². The van der Waals surface area contributed by atoms with Crippen LogP contribution < -0.4 is 10.6 Å². The Balaban J connectivity index is 1.72. The summed E-state index contributed by atoms with van der Waals surface area (Å²) in [5, 5.41) is 11.2. The van der Waals surface area contributed by atoms with E-state index >= 15 is 0 Å². The van der Waals surface area contributed by atoms with Crippen molar-refractivity contribution in [2.24, 2.45) is 0 Å². The highest BCUT2D eigenvalue weighted by Gasteiger charge is 2.46. The zero-order chi connectivity index (χ0) is 24.8. The van der Waals surface area contributed by atoms with Crippen molar-refractivity contribution in [3.05, 3.63) is 77.0 Å². The van der Waals surface area contributed by atoms with E-state index in [0.29, 0.717) is 0 Å². The highest BCUT2D eigenvalue weighted by molar-refractivity contribution is 7.92. The maximum absolute atomic E-state index is 13.0. The highest BCUT2D eigenvalue weighted by Crippen LogP contribution is 2.31. The molecule has 0 amide bonds. The van der Waals surface area contributed by atoms with Crippen LogP contribution in [0.15, 0.2) is 70.6 Å². The summed E-state index contributed by atoms with van der Waals surface area (Å²) in [6.07, 6.45) is 2.81. The Morgan fingerprint density at radius 2 is 1.74 bits per heavy atom. The van der Waals surface area contributed by atoms with Gasteiger partial charge in [-0.05, 0) is 54.1 Å². The lowest BCUT2D eigenvalue weighted by Gasteiger charge is -2.14. The van der Waals surface area contributed by atoms with E-state index in [1.165, 1.54) is 10.8 Å². The standard InChI is InChI=1S/C22H19F3N4O4S/c1-27(2)16-5-8-19-18(11-16)14(9-10-26-19)12-28-13-20(30)29(21(28)31)15-3-6-17(7-4-15)34(32,33)22(23,24)25/h3-11,13,30H,12H2,1-2H3. The van der Waals surface area contributed by atoms with E-state index in [4.69, 9.17) is 0 Å². The molecule has 0 atom stereocenters. The molecule has 0 aliphatic carbocycles. The van der Waals surface area contributed by atoms with Gasteiger partial charge < -0.3 is 10.0 Å². The second-order valence-electron chi connectivity index (χ2n) is 7.74. The fraction of sp³-hybridized carbons (Fsp3) is 0.182.